The van der Waals surface area contributed by atoms with E-state index in [0.717, 1.165) is 6.07 Å². The molecular weight excluding hydrogens is 421 g/mol. The molecule has 2 aromatic rings. The molecule has 27 heavy (non-hydrogen) atoms. The van der Waals surface area contributed by atoms with Gasteiger partial charge in [0.05, 0.1) is 5.56 Å². The van der Waals surface area contributed by atoms with E-state index in [-0.39, 0.29) is 10.3 Å². The maximum atomic E-state index is 13.7. The third-order valence-corrected chi connectivity index (χ3v) is 5.43. The van der Waals surface area contributed by atoms with E-state index in [4.69, 9.17) is 16.1 Å². The normalized spacial score (nSPS) is 19.8. The minimum atomic E-state index is -6.09. The van der Waals surface area contributed by atoms with Crippen LogP contribution < -0.4 is 9.83 Å². The molecule has 0 N–H and O–H groups in total. The lowest BCUT2D eigenvalue weighted by atomic mass is 9.91. The van der Waals surface area contributed by atoms with Crippen LogP contribution in [0.1, 0.15) is 10.4 Å². The van der Waals surface area contributed by atoms with Gasteiger partial charge < -0.3 is 4.52 Å². The molecule has 1 atom stereocenters. The van der Waals surface area contributed by atoms with Crippen molar-refractivity contribution >= 4 is 31.1 Å². The van der Waals surface area contributed by atoms with E-state index in [1.54, 1.807) is 0 Å². The monoisotopic (exact) mass is 428 g/mol. The molecule has 1 unspecified atom stereocenters. The summed E-state index contributed by atoms with van der Waals surface area (Å²) in [5, 5.41) is -0.295. The molecule has 0 saturated heterocycles. The summed E-state index contributed by atoms with van der Waals surface area (Å²) in [7, 11) is -2.94. The van der Waals surface area contributed by atoms with Gasteiger partial charge in [-0.15, -0.1) is 0 Å². The number of rotatable bonds is 1. The van der Waals surface area contributed by atoms with E-state index < -0.39 is 43.4 Å². The number of hydrogen-bond acceptors (Lipinski definition) is 3. The highest BCUT2D eigenvalue weighted by atomic mass is 35.5. The van der Waals surface area contributed by atoms with Crippen LogP contribution in [0.2, 0.25) is 5.02 Å². The Hall–Kier alpha value is -1.83. The number of Topliss-reactive ketones (excluding diaryl/α,β-unsaturated/α-hetero) is 1. The smallest absolute Gasteiger partial charge is 0.434 e. The van der Waals surface area contributed by atoms with E-state index in [2.05, 4.69) is 4.52 Å². The molecule has 0 aliphatic carbocycles. The maximum absolute atomic E-state index is 13.7. The fourth-order valence-corrected chi connectivity index (χ4v) is 4.11. The van der Waals surface area contributed by atoms with Crippen LogP contribution in [0.5, 0.6) is 5.75 Å². The van der Waals surface area contributed by atoms with Gasteiger partial charge in [-0.1, -0.05) is 29.8 Å². The second kappa shape index (κ2) is 6.65. The zero-order valence-electron chi connectivity index (χ0n) is 12.9. The lowest BCUT2D eigenvalue weighted by Gasteiger charge is -2.35. The van der Waals surface area contributed by atoms with Gasteiger partial charge in [0.25, 0.3) is 8.38 Å². The predicted octanol–water partition coefficient (Wildman–Crippen LogP) is 5.43. The van der Waals surface area contributed by atoms with Crippen molar-refractivity contribution < 1.29 is 40.2 Å². The number of ketones is 1. The van der Waals surface area contributed by atoms with Crippen molar-refractivity contribution in [3.05, 3.63) is 59.1 Å². The van der Waals surface area contributed by atoms with Gasteiger partial charge in [-0.05, 0) is 30.3 Å². The average molecular weight is 429 g/mol. The first kappa shape index (κ1) is 19.9. The second-order valence-electron chi connectivity index (χ2n) is 5.42. The molecule has 11 heteroatoms. The Kier molecular flexibility index (Phi) is 4.91. The molecule has 1 heterocycles. The van der Waals surface area contributed by atoms with Crippen molar-refractivity contribution in [2.75, 3.05) is 0 Å². The quantitative estimate of drug-likeness (QED) is 0.449. The number of benzene rings is 2. The SMILES string of the molecule is O=C1c2cc(Cl)ccc2OP(c2ccccc2)OC1(C(F)(F)F)C(F)(F)F. The van der Waals surface area contributed by atoms with Crippen LogP contribution in [0.3, 0.4) is 0 Å². The minimum Gasteiger partial charge on any atom is -0.443 e. The Morgan fingerprint density at radius 1 is 0.926 bits per heavy atom. The number of carbonyl (C=O) groups is 1. The molecular formula is C16H8ClF6O3P. The zero-order valence-corrected chi connectivity index (χ0v) is 14.6. The van der Waals surface area contributed by atoms with Crippen LogP contribution in [0, 0.1) is 0 Å². The third kappa shape index (κ3) is 3.28. The lowest BCUT2D eigenvalue weighted by Crippen LogP contribution is -2.63. The van der Waals surface area contributed by atoms with E-state index in [1.807, 2.05) is 0 Å². The molecule has 3 rings (SSSR count). The molecule has 0 spiro atoms. The second-order valence-corrected chi connectivity index (χ2v) is 7.25. The van der Waals surface area contributed by atoms with Crippen LogP contribution in [0.25, 0.3) is 0 Å². The fourth-order valence-electron chi connectivity index (χ4n) is 2.40. The third-order valence-electron chi connectivity index (χ3n) is 3.67. The standard InChI is InChI=1S/C16H8ClF6O3P/c17-9-6-7-12-11(8-9)13(24)14(15(18,19)20,16(21,22)23)26-27(25-12)10-4-2-1-3-5-10/h1-8H. The summed E-state index contributed by atoms with van der Waals surface area (Å²) < 4.78 is 91.7. The Morgan fingerprint density at radius 3 is 2.07 bits per heavy atom. The lowest BCUT2D eigenvalue weighted by molar-refractivity contribution is -0.332. The van der Waals surface area contributed by atoms with Crippen molar-refractivity contribution in [1.29, 1.82) is 0 Å². The highest BCUT2D eigenvalue weighted by Gasteiger charge is 2.79. The van der Waals surface area contributed by atoms with Crippen LogP contribution in [-0.4, -0.2) is 23.7 Å². The van der Waals surface area contributed by atoms with Crippen molar-refractivity contribution in [3.8, 4) is 5.75 Å². The highest BCUT2D eigenvalue weighted by molar-refractivity contribution is 7.56. The Bertz CT molecular complexity index is 855. The maximum Gasteiger partial charge on any atom is 0.434 e. The Labute approximate surface area is 154 Å². The molecule has 1 aliphatic heterocycles. The van der Waals surface area contributed by atoms with Gasteiger partial charge in [0.15, 0.2) is 0 Å². The fraction of sp³-hybridized carbons (Fsp3) is 0.188. The Morgan fingerprint density at radius 2 is 1.52 bits per heavy atom. The molecule has 1 aliphatic rings. The summed E-state index contributed by atoms with van der Waals surface area (Å²) in [5.41, 5.74) is -6.05. The molecule has 3 nitrogen and oxygen atoms in total. The summed E-state index contributed by atoms with van der Waals surface area (Å²) in [6.45, 7) is 0. The predicted molar refractivity (Wildman–Crippen MR) is 85.3 cm³/mol. The molecule has 0 bridgehead atoms. The van der Waals surface area contributed by atoms with Crippen LogP contribution in [0.15, 0.2) is 48.5 Å². The van der Waals surface area contributed by atoms with Crippen molar-refractivity contribution in [2.45, 2.75) is 18.0 Å². The minimum absolute atomic E-state index is 0.0685. The van der Waals surface area contributed by atoms with Gasteiger partial charge in [-0.25, -0.2) is 0 Å². The van der Waals surface area contributed by atoms with Crippen molar-refractivity contribution in [2.24, 2.45) is 0 Å². The summed E-state index contributed by atoms with van der Waals surface area (Å²) in [4.78, 5) is 12.5. The molecule has 0 amide bonds. The molecule has 144 valence electrons. The number of halogens is 7. The molecule has 0 saturated carbocycles. The largest absolute Gasteiger partial charge is 0.443 e. The first-order valence-corrected chi connectivity index (χ1v) is 8.73. The molecule has 2 aromatic carbocycles. The summed E-state index contributed by atoms with van der Waals surface area (Å²) in [6, 6.07) is 9.68. The number of fused-ring (bicyclic) bond motifs is 1. The van der Waals surface area contributed by atoms with E-state index >= 15 is 0 Å². The van der Waals surface area contributed by atoms with E-state index in [0.29, 0.717) is 6.07 Å². The average Bonchev–Trinajstić information content (AvgIpc) is 2.70. The number of carbonyl (C=O) groups excluding carboxylic acids is 1. The highest BCUT2D eigenvalue weighted by Crippen LogP contribution is 2.58. The van der Waals surface area contributed by atoms with Gasteiger partial charge in [0.1, 0.15) is 5.75 Å². The first-order valence-electron chi connectivity index (χ1n) is 7.17. The molecule has 0 aromatic heterocycles. The van der Waals surface area contributed by atoms with Gasteiger partial charge in [-0.2, -0.15) is 26.3 Å². The van der Waals surface area contributed by atoms with Gasteiger partial charge in [0, 0.05) is 10.3 Å². The van der Waals surface area contributed by atoms with Crippen molar-refractivity contribution in [3.63, 3.8) is 0 Å². The van der Waals surface area contributed by atoms with Gasteiger partial charge in [0.2, 0.25) is 5.78 Å². The zero-order chi connectivity index (χ0) is 20.0. The van der Waals surface area contributed by atoms with E-state index in [1.165, 1.54) is 36.4 Å². The van der Waals surface area contributed by atoms with Gasteiger partial charge in [-0.3, -0.25) is 9.32 Å². The number of hydrogen-bond donors (Lipinski definition) is 0. The molecule has 0 fully saturated rings. The number of alkyl halides is 6. The summed E-state index contributed by atoms with van der Waals surface area (Å²) in [5.74, 6) is -2.81. The van der Waals surface area contributed by atoms with E-state index in [9.17, 15) is 31.1 Å². The van der Waals surface area contributed by atoms with Crippen LogP contribution in [0.4, 0.5) is 26.3 Å². The van der Waals surface area contributed by atoms with Crippen LogP contribution in [-0.2, 0) is 4.52 Å². The Balaban J connectivity index is 2.30. The first-order chi connectivity index (χ1) is 12.5. The topological polar surface area (TPSA) is 35.5 Å². The van der Waals surface area contributed by atoms with Crippen LogP contribution >= 0.6 is 20.0 Å². The van der Waals surface area contributed by atoms with Gasteiger partial charge >= 0.3 is 18.0 Å². The summed E-state index contributed by atoms with van der Waals surface area (Å²) >= 11 is 5.66. The van der Waals surface area contributed by atoms with Crippen molar-refractivity contribution in [1.82, 2.24) is 0 Å². The summed E-state index contributed by atoms with van der Waals surface area (Å²) in [6.07, 6.45) is -12.2. The molecule has 0 radical (unpaired) electrons.